The van der Waals surface area contributed by atoms with Gasteiger partial charge in [0, 0.05) is 39.6 Å². The molecule has 36 heavy (non-hydrogen) atoms. The predicted molar refractivity (Wildman–Crippen MR) is 145 cm³/mol. The average molecular weight is 521 g/mol. The van der Waals surface area contributed by atoms with E-state index in [0.29, 0.717) is 33.8 Å². The Bertz CT molecular complexity index is 1400. The molecule has 0 unspecified atom stereocenters. The van der Waals surface area contributed by atoms with Crippen LogP contribution in [0.1, 0.15) is 28.4 Å². The summed E-state index contributed by atoms with van der Waals surface area (Å²) in [6.45, 7) is 6.17. The van der Waals surface area contributed by atoms with Crippen LogP contribution in [0.25, 0.3) is 16.9 Å². The largest absolute Gasteiger partial charge is 0.330 e. The van der Waals surface area contributed by atoms with Crippen LogP contribution < -0.4 is 5.32 Å². The summed E-state index contributed by atoms with van der Waals surface area (Å²) in [7, 11) is 0. The van der Waals surface area contributed by atoms with Gasteiger partial charge in [-0.05, 0) is 80.4 Å². The number of hydrogen-bond donors (Lipinski definition) is 1. The van der Waals surface area contributed by atoms with Crippen molar-refractivity contribution in [2.75, 3.05) is 18.4 Å². The number of carbonyl (C=O) groups excluding carboxylic acids is 2. The van der Waals surface area contributed by atoms with E-state index in [4.69, 9.17) is 28.2 Å². The molecular weight excluding hydrogens is 495 g/mol. The lowest BCUT2D eigenvalue weighted by atomic mass is 10.1. The highest BCUT2D eigenvalue weighted by Gasteiger charge is 2.20. The zero-order chi connectivity index (χ0) is 25.8. The van der Waals surface area contributed by atoms with Crippen molar-refractivity contribution >= 4 is 41.0 Å². The van der Waals surface area contributed by atoms with Crippen LogP contribution in [0.2, 0.25) is 10.0 Å². The fourth-order valence-electron chi connectivity index (χ4n) is 3.74. The van der Waals surface area contributed by atoms with Gasteiger partial charge < -0.3 is 4.90 Å². The summed E-state index contributed by atoms with van der Waals surface area (Å²) in [5.41, 5.74) is 5.18. The number of imidazole rings is 1. The summed E-state index contributed by atoms with van der Waals surface area (Å²) in [6, 6.07) is 20.0. The van der Waals surface area contributed by atoms with Gasteiger partial charge in [0.25, 0.3) is 5.91 Å². The average Bonchev–Trinajstić information content (AvgIpc) is 3.28. The minimum Gasteiger partial charge on any atom is -0.330 e. The highest BCUT2D eigenvalue weighted by molar-refractivity contribution is 6.31. The first-order chi connectivity index (χ1) is 17.2. The van der Waals surface area contributed by atoms with Gasteiger partial charge in [-0.2, -0.15) is 0 Å². The van der Waals surface area contributed by atoms with Crippen molar-refractivity contribution in [3.63, 3.8) is 0 Å². The van der Waals surface area contributed by atoms with Crippen molar-refractivity contribution in [1.29, 1.82) is 0 Å². The molecule has 8 heteroatoms. The van der Waals surface area contributed by atoms with Crippen LogP contribution >= 0.6 is 23.2 Å². The molecule has 4 rings (SSSR count). The van der Waals surface area contributed by atoms with Crippen molar-refractivity contribution in [2.45, 2.75) is 20.8 Å². The van der Waals surface area contributed by atoms with Gasteiger partial charge in [0.05, 0.1) is 5.69 Å². The first-order valence-corrected chi connectivity index (χ1v) is 12.3. The van der Waals surface area contributed by atoms with Crippen LogP contribution in [0.3, 0.4) is 0 Å². The number of carbonyl (C=O) groups is 2. The number of aromatic nitrogens is 2. The third-order valence-electron chi connectivity index (χ3n) is 5.96. The van der Waals surface area contributed by atoms with Crippen molar-refractivity contribution in [2.24, 2.45) is 0 Å². The lowest BCUT2D eigenvalue weighted by molar-refractivity contribution is -0.116. The number of anilines is 1. The Morgan fingerprint density at radius 2 is 1.56 bits per heavy atom. The van der Waals surface area contributed by atoms with Crippen LogP contribution in [0.5, 0.6) is 0 Å². The smallest absolute Gasteiger partial charge is 0.254 e. The van der Waals surface area contributed by atoms with Gasteiger partial charge in [0.2, 0.25) is 11.9 Å². The topological polar surface area (TPSA) is 67.2 Å². The van der Waals surface area contributed by atoms with Crippen LogP contribution in [-0.2, 0) is 4.79 Å². The predicted octanol–water partition coefficient (Wildman–Crippen LogP) is 6.56. The number of hydrogen-bond acceptors (Lipinski definition) is 3. The molecule has 1 aromatic heterocycles. The molecule has 2 amide bonds. The van der Waals surface area contributed by atoms with Gasteiger partial charge in [-0.1, -0.05) is 41.4 Å². The van der Waals surface area contributed by atoms with Crippen molar-refractivity contribution < 1.29 is 9.59 Å². The third kappa shape index (κ3) is 5.78. The molecule has 4 aromatic rings. The molecule has 6 nitrogen and oxygen atoms in total. The SMILES string of the molecule is CCN(CC(=O)Nc1nc(-c2ccc(Cl)cc2)cn1-c1ccc(C)c(C)c1)C(=O)c1ccc(Cl)cc1. The molecule has 0 aliphatic heterocycles. The molecular formula is C28H26Cl2N4O2. The molecule has 1 N–H and O–H groups in total. The number of likely N-dealkylation sites (N-methyl/N-ethyl adjacent to an activating group) is 1. The Kier molecular flexibility index (Phi) is 7.77. The second-order valence-corrected chi connectivity index (χ2v) is 9.34. The van der Waals surface area contributed by atoms with Crippen molar-refractivity contribution in [3.05, 3.63) is 99.7 Å². The maximum absolute atomic E-state index is 13.1. The molecule has 1 heterocycles. The van der Waals surface area contributed by atoms with E-state index in [0.717, 1.165) is 16.8 Å². The van der Waals surface area contributed by atoms with Gasteiger partial charge >= 0.3 is 0 Å². The van der Waals surface area contributed by atoms with E-state index in [1.807, 2.05) is 61.9 Å². The van der Waals surface area contributed by atoms with Gasteiger partial charge in [-0.25, -0.2) is 4.98 Å². The summed E-state index contributed by atoms with van der Waals surface area (Å²) in [5.74, 6) is -0.232. The van der Waals surface area contributed by atoms with Gasteiger partial charge in [0.15, 0.2) is 0 Å². The highest BCUT2D eigenvalue weighted by Crippen LogP contribution is 2.26. The van der Waals surface area contributed by atoms with Gasteiger partial charge in [-0.3, -0.25) is 19.5 Å². The van der Waals surface area contributed by atoms with Crippen LogP contribution in [-0.4, -0.2) is 39.4 Å². The van der Waals surface area contributed by atoms with Crippen LogP contribution in [0.4, 0.5) is 5.95 Å². The van der Waals surface area contributed by atoms with E-state index in [9.17, 15) is 9.59 Å². The number of nitrogens with one attached hydrogen (secondary N) is 1. The monoisotopic (exact) mass is 520 g/mol. The summed E-state index contributed by atoms with van der Waals surface area (Å²) >= 11 is 12.0. The van der Waals surface area contributed by atoms with E-state index >= 15 is 0 Å². The number of aryl methyl sites for hydroxylation is 2. The maximum Gasteiger partial charge on any atom is 0.254 e. The summed E-state index contributed by atoms with van der Waals surface area (Å²) in [5, 5.41) is 4.07. The fourth-order valence-corrected chi connectivity index (χ4v) is 3.99. The van der Waals surface area contributed by atoms with E-state index in [1.165, 1.54) is 10.5 Å². The molecule has 0 fully saturated rings. The Balaban J connectivity index is 1.62. The van der Waals surface area contributed by atoms with Crippen molar-refractivity contribution in [3.8, 4) is 16.9 Å². The second kappa shape index (κ2) is 11.0. The Labute approximate surface area is 220 Å². The first kappa shape index (κ1) is 25.5. The Hall–Kier alpha value is -3.61. The van der Waals surface area contributed by atoms with Crippen LogP contribution in [0.15, 0.2) is 72.9 Å². The molecule has 0 aliphatic carbocycles. The fraction of sp³-hybridized carbons (Fsp3) is 0.179. The lowest BCUT2D eigenvalue weighted by Crippen LogP contribution is -2.38. The molecule has 3 aromatic carbocycles. The molecule has 0 radical (unpaired) electrons. The second-order valence-electron chi connectivity index (χ2n) is 8.47. The number of benzene rings is 3. The Morgan fingerprint density at radius 1 is 0.917 bits per heavy atom. The number of amides is 2. The van der Waals surface area contributed by atoms with E-state index in [-0.39, 0.29) is 18.4 Å². The first-order valence-electron chi connectivity index (χ1n) is 11.5. The zero-order valence-corrected chi connectivity index (χ0v) is 21.8. The maximum atomic E-state index is 13.1. The molecule has 184 valence electrons. The Morgan fingerprint density at radius 3 is 2.17 bits per heavy atom. The lowest BCUT2D eigenvalue weighted by Gasteiger charge is -2.20. The number of rotatable bonds is 7. The molecule has 0 aliphatic rings. The zero-order valence-electron chi connectivity index (χ0n) is 20.3. The summed E-state index contributed by atoms with van der Waals surface area (Å²) in [6.07, 6.45) is 1.87. The van der Waals surface area contributed by atoms with Crippen LogP contribution in [0, 0.1) is 13.8 Å². The molecule has 0 saturated carbocycles. The molecule has 0 spiro atoms. The normalized spacial score (nSPS) is 10.8. The minimum absolute atomic E-state index is 0.117. The van der Waals surface area contributed by atoms with E-state index < -0.39 is 0 Å². The van der Waals surface area contributed by atoms with E-state index in [1.54, 1.807) is 36.4 Å². The molecule has 0 saturated heterocycles. The molecule has 0 bridgehead atoms. The highest BCUT2D eigenvalue weighted by atomic mass is 35.5. The third-order valence-corrected chi connectivity index (χ3v) is 6.46. The summed E-state index contributed by atoms with van der Waals surface area (Å²) < 4.78 is 1.84. The van der Waals surface area contributed by atoms with Crippen molar-refractivity contribution in [1.82, 2.24) is 14.5 Å². The van der Waals surface area contributed by atoms with Gasteiger partial charge in [0.1, 0.15) is 6.54 Å². The quantitative estimate of drug-likeness (QED) is 0.299. The van der Waals surface area contributed by atoms with Gasteiger partial charge in [-0.15, -0.1) is 0 Å². The standard InChI is InChI=1S/C28H26Cl2N4O2/c1-4-33(27(36)21-8-12-23(30)13-9-21)17-26(35)32-28-31-25(20-6-10-22(29)11-7-20)16-34(28)24-14-5-18(2)19(3)15-24/h5-16H,4,17H2,1-3H3,(H,31,32,35). The number of nitrogens with zero attached hydrogens (tertiary/aromatic N) is 3. The minimum atomic E-state index is -0.350. The van der Waals surface area contributed by atoms with E-state index in [2.05, 4.69) is 5.32 Å². The summed E-state index contributed by atoms with van der Waals surface area (Å²) in [4.78, 5) is 32.2. The molecule has 0 atom stereocenters. The number of halogens is 2.